The molecule has 2 N–H and O–H groups in total. The molecule has 2 heterocycles. The van der Waals surface area contributed by atoms with Crippen LogP contribution in [0.5, 0.6) is 0 Å². The molecule has 1 saturated heterocycles. The first kappa shape index (κ1) is 12.0. The van der Waals surface area contributed by atoms with Crippen molar-refractivity contribution in [3.8, 4) is 0 Å². The van der Waals surface area contributed by atoms with Gasteiger partial charge in [-0.1, -0.05) is 12.1 Å². The minimum Gasteiger partial charge on any atom is -0.378 e. The number of H-pyrrole nitrogens is 1. The molecule has 0 unspecified atom stereocenters. The predicted molar refractivity (Wildman–Crippen MR) is 72.9 cm³/mol. The van der Waals surface area contributed by atoms with Crippen molar-refractivity contribution in [2.45, 2.75) is 6.54 Å². The number of rotatable bonds is 2. The number of amides is 2. The van der Waals surface area contributed by atoms with Gasteiger partial charge >= 0.3 is 6.03 Å². The van der Waals surface area contributed by atoms with Crippen molar-refractivity contribution < 1.29 is 9.53 Å². The lowest BCUT2D eigenvalue weighted by atomic mass is 10.1. The van der Waals surface area contributed by atoms with Crippen LogP contribution in [0, 0.1) is 0 Å². The normalized spacial score (nSPS) is 15.7. The molecule has 19 heavy (non-hydrogen) atoms. The molecule has 1 aliphatic heterocycles. The van der Waals surface area contributed by atoms with Gasteiger partial charge in [-0.25, -0.2) is 4.79 Å². The Bertz CT molecular complexity index is 573. The average molecular weight is 259 g/mol. The first-order valence-corrected chi connectivity index (χ1v) is 6.50. The molecular formula is C14H17N3O2. The number of fused-ring (bicyclic) bond motifs is 1. The molecule has 3 rings (SSSR count). The van der Waals surface area contributed by atoms with Crippen molar-refractivity contribution in [2.75, 3.05) is 26.3 Å². The number of carbonyl (C=O) groups excluding carboxylic acids is 1. The Morgan fingerprint density at radius 1 is 1.32 bits per heavy atom. The van der Waals surface area contributed by atoms with Crippen molar-refractivity contribution in [3.05, 3.63) is 36.0 Å². The number of hydrogen-bond donors (Lipinski definition) is 2. The molecule has 1 aromatic heterocycles. The third-order valence-electron chi connectivity index (χ3n) is 3.41. The summed E-state index contributed by atoms with van der Waals surface area (Å²) in [5.74, 6) is 0. The summed E-state index contributed by atoms with van der Waals surface area (Å²) in [6.45, 7) is 3.13. The lowest BCUT2D eigenvalue weighted by Gasteiger charge is -2.27. The van der Waals surface area contributed by atoms with E-state index in [0.29, 0.717) is 32.8 Å². The van der Waals surface area contributed by atoms with Crippen LogP contribution in [0.25, 0.3) is 10.9 Å². The van der Waals surface area contributed by atoms with Gasteiger partial charge in [0, 0.05) is 36.7 Å². The zero-order valence-corrected chi connectivity index (χ0v) is 10.7. The lowest BCUT2D eigenvalue weighted by molar-refractivity contribution is 0.0531. The predicted octanol–water partition coefficient (Wildman–Crippen LogP) is 1.71. The fourth-order valence-corrected chi connectivity index (χ4v) is 2.35. The topological polar surface area (TPSA) is 57.4 Å². The second kappa shape index (κ2) is 5.32. The second-order valence-electron chi connectivity index (χ2n) is 4.61. The van der Waals surface area contributed by atoms with E-state index >= 15 is 0 Å². The average Bonchev–Trinajstić information content (AvgIpc) is 2.94. The van der Waals surface area contributed by atoms with Crippen LogP contribution >= 0.6 is 0 Å². The Kier molecular flexibility index (Phi) is 3.37. The highest BCUT2D eigenvalue weighted by molar-refractivity contribution is 5.83. The number of carbonyl (C=O) groups is 1. The summed E-state index contributed by atoms with van der Waals surface area (Å²) < 4.78 is 5.23. The van der Waals surface area contributed by atoms with Crippen LogP contribution in [0.1, 0.15) is 5.56 Å². The zero-order chi connectivity index (χ0) is 13.1. The summed E-state index contributed by atoms with van der Waals surface area (Å²) in [6, 6.07) is 8.08. The number of aromatic amines is 1. The van der Waals surface area contributed by atoms with Crippen LogP contribution < -0.4 is 5.32 Å². The van der Waals surface area contributed by atoms with Crippen LogP contribution in [0.3, 0.4) is 0 Å². The Balaban J connectivity index is 1.65. The maximum atomic E-state index is 12.0. The molecule has 0 radical (unpaired) electrons. The summed E-state index contributed by atoms with van der Waals surface area (Å²) in [4.78, 5) is 17.0. The fourth-order valence-electron chi connectivity index (χ4n) is 2.35. The van der Waals surface area contributed by atoms with E-state index in [1.165, 1.54) is 0 Å². The van der Waals surface area contributed by atoms with Crippen LogP contribution in [0.2, 0.25) is 0 Å². The number of nitrogens with one attached hydrogen (secondary N) is 2. The van der Waals surface area contributed by atoms with E-state index in [1.807, 2.05) is 30.5 Å². The molecule has 0 saturated carbocycles. The molecule has 5 heteroatoms. The molecule has 0 bridgehead atoms. The van der Waals surface area contributed by atoms with E-state index in [9.17, 15) is 4.79 Å². The van der Waals surface area contributed by atoms with Gasteiger partial charge in [0.05, 0.1) is 13.2 Å². The van der Waals surface area contributed by atoms with Crippen molar-refractivity contribution in [1.82, 2.24) is 15.2 Å². The van der Waals surface area contributed by atoms with Crippen molar-refractivity contribution in [2.24, 2.45) is 0 Å². The first-order valence-electron chi connectivity index (χ1n) is 6.50. The van der Waals surface area contributed by atoms with E-state index in [2.05, 4.69) is 10.3 Å². The highest BCUT2D eigenvalue weighted by Gasteiger charge is 2.16. The Hall–Kier alpha value is -2.01. The third-order valence-corrected chi connectivity index (χ3v) is 3.41. The maximum Gasteiger partial charge on any atom is 0.317 e. The molecule has 1 fully saturated rings. The van der Waals surface area contributed by atoms with Gasteiger partial charge in [-0.05, 0) is 17.7 Å². The van der Waals surface area contributed by atoms with Crippen molar-refractivity contribution >= 4 is 16.9 Å². The highest BCUT2D eigenvalue weighted by Crippen LogP contribution is 2.17. The largest absolute Gasteiger partial charge is 0.378 e. The van der Waals surface area contributed by atoms with E-state index < -0.39 is 0 Å². The number of ether oxygens (including phenoxy) is 1. The van der Waals surface area contributed by atoms with Crippen molar-refractivity contribution in [1.29, 1.82) is 0 Å². The van der Waals surface area contributed by atoms with E-state index in [1.54, 1.807) is 4.90 Å². The Labute approximate surface area is 111 Å². The fraction of sp³-hybridized carbons (Fsp3) is 0.357. The lowest BCUT2D eigenvalue weighted by Crippen LogP contribution is -2.45. The van der Waals surface area contributed by atoms with E-state index in [0.717, 1.165) is 16.5 Å². The molecule has 0 aliphatic carbocycles. The van der Waals surface area contributed by atoms with Gasteiger partial charge in [-0.3, -0.25) is 0 Å². The molecule has 2 aromatic rings. The highest BCUT2D eigenvalue weighted by atomic mass is 16.5. The van der Waals surface area contributed by atoms with E-state index in [-0.39, 0.29) is 6.03 Å². The number of benzene rings is 1. The zero-order valence-electron chi connectivity index (χ0n) is 10.7. The Morgan fingerprint density at radius 2 is 2.16 bits per heavy atom. The SMILES string of the molecule is O=C(NCc1cccc2[nH]ccc12)N1CCOCC1. The number of urea groups is 1. The quantitative estimate of drug-likeness (QED) is 0.862. The van der Waals surface area contributed by atoms with Gasteiger partial charge in [-0.2, -0.15) is 0 Å². The molecule has 0 spiro atoms. The van der Waals surface area contributed by atoms with Gasteiger partial charge in [0.25, 0.3) is 0 Å². The number of aromatic nitrogens is 1. The van der Waals surface area contributed by atoms with Crippen molar-refractivity contribution in [3.63, 3.8) is 0 Å². The summed E-state index contributed by atoms with van der Waals surface area (Å²) in [5.41, 5.74) is 2.22. The van der Waals surface area contributed by atoms with Gasteiger partial charge in [0.15, 0.2) is 0 Å². The summed E-state index contributed by atoms with van der Waals surface area (Å²) in [6.07, 6.45) is 1.91. The van der Waals surface area contributed by atoms with Gasteiger partial charge < -0.3 is 19.9 Å². The van der Waals surface area contributed by atoms with Crippen LogP contribution in [-0.2, 0) is 11.3 Å². The first-order chi connectivity index (χ1) is 9.34. The van der Waals surface area contributed by atoms with Crippen LogP contribution in [0.4, 0.5) is 4.79 Å². The smallest absolute Gasteiger partial charge is 0.317 e. The molecule has 2 amide bonds. The third kappa shape index (κ3) is 2.56. The monoisotopic (exact) mass is 259 g/mol. The molecule has 0 atom stereocenters. The Morgan fingerprint density at radius 3 is 3.00 bits per heavy atom. The van der Waals surface area contributed by atoms with Crippen LogP contribution in [0.15, 0.2) is 30.5 Å². The molecule has 100 valence electrons. The number of nitrogens with zero attached hydrogens (tertiary/aromatic N) is 1. The minimum atomic E-state index is -0.0177. The standard InChI is InChI=1S/C14H17N3O2/c18-14(17-6-8-19-9-7-17)16-10-11-2-1-3-13-12(11)4-5-15-13/h1-5,15H,6-10H2,(H,16,18). The van der Waals surface area contributed by atoms with Crippen LogP contribution in [-0.4, -0.2) is 42.2 Å². The van der Waals surface area contributed by atoms with Gasteiger partial charge in [0.2, 0.25) is 0 Å². The van der Waals surface area contributed by atoms with Gasteiger partial charge in [-0.15, -0.1) is 0 Å². The molecule has 5 nitrogen and oxygen atoms in total. The minimum absolute atomic E-state index is 0.0177. The molecule has 1 aromatic carbocycles. The molecular weight excluding hydrogens is 242 g/mol. The number of morpholine rings is 1. The molecule has 1 aliphatic rings. The van der Waals surface area contributed by atoms with E-state index in [4.69, 9.17) is 4.74 Å². The number of hydrogen-bond acceptors (Lipinski definition) is 2. The summed E-state index contributed by atoms with van der Waals surface area (Å²) in [7, 11) is 0. The summed E-state index contributed by atoms with van der Waals surface area (Å²) >= 11 is 0. The second-order valence-corrected chi connectivity index (χ2v) is 4.61. The summed E-state index contributed by atoms with van der Waals surface area (Å²) in [5, 5.41) is 4.13. The maximum absolute atomic E-state index is 12.0. The van der Waals surface area contributed by atoms with Gasteiger partial charge in [0.1, 0.15) is 0 Å².